The topological polar surface area (TPSA) is 240 Å². The second-order valence-corrected chi connectivity index (χ2v) is 40.2. The quantitative estimate of drug-likeness (QED) is 0.146. The van der Waals surface area contributed by atoms with Gasteiger partial charge in [-0.2, -0.15) is 20.4 Å². The number of likely N-dealkylation sites (N-methyl/N-ethyl adjacent to an activating group) is 1. The van der Waals surface area contributed by atoms with E-state index in [0.717, 1.165) is 199 Å². The van der Waals surface area contributed by atoms with Crippen molar-refractivity contribution in [2.45, 2.75) is 188 Å². The normalized spacial score (nSPS) is 24.3. The number of benzene rings is 5. The molecule has 9 aromatic rings. The number of carbonyl (C=O) groups excluding carboxylic acids is 2. The van der Waals surface area contributed by atoms with Gasteiger partial charge in [0.25, 0.3) is 0 Å². The SMILES string of the molecule is CN(C)C1CCc2nn(C)c([C@@H]3Cc4cc(Cl)cc(Br)c4O3)c2C1.Clc1cc(Br)c2c(c1)C[C@@H](c1n[nH]c3c1CC1(CC3)OCCO1)O2.Cn1nc2c(c1[C@@H]1Cc3cc(Cl)cc(Br)c3O1)CC1(CC2)OCCO1.Cn1nc2c(c1[C@@H]1Cc3cc(Cl)cc(Br)c3O1)CC1(CC2)OCCO1.O=C1CCC2(CC1C(=O)[C@@H]1Cc3cc(Cl)cc(Br)c3O1)OCCO2. The molecule has 122 heavy (non-hydrogen) atoms. The van der Waals surface area contributed by atoms with Crippen molar-refractivity contribution in [1.82, 2.24) is 44.4 Å². The zero-order valence-electron chi connectivity index (χ0n) is 67.6. The van der Waals surface area contributed by atoms with Crippen molar-refractivity contribution < 1.29 is 71.2 Å². The first-order chi connectivity index (χ1) is 58.6. The summed E-state index contributed by atoms with van der Waals surface area (Å²) >= 11 is 48.4. The summed E-state index contributed by atoms with van der Waals surface area (Å²) in [7, 11) is 10.3. The third-order valence-electron chi connectivity index (χ3n) is 25.8. The van der Waals surface area contributed by atoms with Gasteiger partial charge in [0.1, 0.15) is 64.6 Å². The van der Waals surface area contributed by atoms with Crippen LogP contribution >= 0.6 is 138 Å². The fourth-order valence-electron chi connectivity index (χ4n) is 20.2. The van der Waals surface area contributed by atoms with Crippen LogP contribution in [0.2, 0.25) is 25.1 Å². The van der Waals surface area contributed by atoms with E-state index in [-0.39, 0.29) is 42.4 Å². The van der Waals surface area contributed by atoms with Gasteiger partial charge >= 0.3 is 0 Å². The molecule has 9 aliphatic heterocycles. The van der Waals surface area contributed by atoms with Gasteiger partial charge in [0, 0.05) is 198 Å². The van der Waals surface area contributed by atoms with Gasteiger partial charge < -0.3 is 66.5 Å². The van der Waals surface area contributed by atoms with Crippen LogP contribution in [0.5, 0.6) is 28.7 Å². The molecule has 7 atom stereocenters. The van der Waals surface area contributed by atoms with Crippen LogP contribution in [0, 0.1) is 5.92 Å². The van der Waals surface area contributed by atoms with E-state index in [4.69, 9.17) is 135 Å². The molecule has 5 fully saturated rings. The number of nitrogens with zero attached hydrogens (tertiary/aromatic N) is 8. The summed E-state index contributed by atoms with van der Waals surface area (Å²) in [4.78, 5) is 27.5. The Kier molecular flexibility index (Phi) is 24.5. The Morgan fingerprint density at radius 2 is 0.770 bits per heavy atom. The lowest BCUT2D eigenvalue weighted by atomic mass is 9.79. The molecule has 14 aliphatic rings. The van der Waals surface area contributed by atoms with E-state index in [1.807, 2.05) is 83.7 Å². The summed E-state index contributed by atoms with van der Waals surface area (Å²) in [5.74, 6) is 0.990. The highest BCUT2D eigenvalue weighted by Crippen LogP contribution is 2.53. The highest BCUT2D eigenvalue weighted by Gasteiger charge is 2.52. The zero-order chi connectivity index (χ0) is 84.6. The highest BCUT2D eigenvalue weighted by atomic mass is 79.9. The molecule has 1 saturated carbocycles. The second-order valence-electron chi connectivity index (χ2n) is 33.7. The van der Waals surface area contributed by atoms with Crippen LogP contribution in [0.1, 0.15) is 165 Å². The summed E-state index contributed by atoms with van der Waals surface area (Å²) in [6.45, 7) is 5.02. The number of rotatable bonds is 7. The number of fused-ring (bicyclic) bond motifs is 9. The Labute approximate surface area is 772 Å². The van der Waals surface area contributed by atoms with Crippen LogP contribution in [0.25, 0.3) is 0 Å². The monoisotopic (exact) mass is 2080 g/mol. The molecule has 23 rings (SSSR count). The number of nitrogens with one attached hydrogen (secondary N) is 1. The minimum atomic E-state index is -0.774. The summed E-state index contributed by atoms with van der Waals surface area (Å²) in [6.07, 6.45) is 14.5. The molecule has 4 aromatic heterocycles. The molecule has 13 heterocycles. The Balaban J connectivity index is 0.000000100. The van der Waals surface area contributed by atoms with Gasteiger partial charge in [0.05, 0.1) is 115 Å². The molecule has 1 N–H and O–H groups in total. The fraction of sp³-hybridized carbons (Fsp3) is 0.500. The van der Waals surface area contributed by atoms with E-state index in [1.165, 1.54) is 45.8 Å². The predicted molar refractivity (Wildman–Crippen MR) is 472 cm³/mol. The lowest BCUT2D eigenvalue weighted by molar-refractivity contribution is -0.191. The number of hydrogen-bond donors (Lipinski definition) is 1. The molecule has 34 heteroatoms. The standard InChI is InChI=1S/C18H21BrClN3O.2C18H18BrClN2O3.C17H16BrClN2O3.C17H16BrClO5/c1-22(2)12-4-5-15-13(9-12)17(23(3)21-15)16-7-10-6-11(20)8-14(19)18(10)24-16;2*1-22-16(15-7-10-6-11(20)8-13(19)17(10)25-15)12-9-18(23-4-5-24-18)3-2-14(12)21-22;18-12-7-10(19)5-9-6-14(24-16(9)12)15-11-8-17(22-3-4-23-17)2-1-13(11)20-21-15;18-12-7-10(19)5-9-6-14(24-16(9)12)15(21)11-8-17(2-1-13(11)20)22-3-4-23-17/h6,8,12,16H,4-5,7,9H2,1-3H3;2*6,8,15H,2-5,7,9H2,1H3;5,7,14H,1-4,6,8H2,(H,20,21);5,7,11,14H,1-4,6,8H2/t12?,16-;2*15-;14-;11?,14-/m00000/s1. The number of aromatic nitrogens is 8. The first-order valence-electron chi connectivity index (χ1n) is 41.4. The van der Waals surface area contributed by atoms with Crippen LogP contribution in [-0.4, -0.2) is 158 Å². The number of halogens is 10. The number of ether oxygens (including phenoxy) is 13. The Hall–Kier alpha value is -5.23. The first kappa shape index (κ1) is 86.2. The first-order valence-corrected chi connectivity index (χ1v) is 47.3. The fourth-order valence-corrected chi connectivity index (χ4v) is 25.0. The summed E-state index contributed by atoms with van der Waals surface area (Å²) < 4.78 is 88.0. The van der Waals surface area contributed by atoms with Gasteiger partial charge in [-0.05, 0) is 193 Å². The van der Waals surface area contributed by atoms with E-state index in [1.54, 1.807) is 12.1 Å². The largest absolute Gasteiger partial charge is 0.482 e. The molecular formula is C88H89Br5Cl5N9O15. The molecular weight excluding hydrogens is 2000 g/mol. The summed E-state index contributed by atoms with van der Waals surface area (Å²) in [5, 5.41) is 25.5. The van der Waals surface area contributed by atoms with Gasteiger partial charge in [-0.3, -0.25) is 28.7 Å². The highest BCUT2D eigenvalue weighted by molar-refractivity contribution is 9.11. The van der Waals surface area contributed by atoms with Gasteiger partial charge in [-0.25, -0.2) is 0 Å². The van der Waals surface area contributed by atoms with E-state index in [0.29, 0.717) is 108 Å². The lowest BCUT2D eigenvalue weighted by Crippen LogP contribution is -2.46. The minimum absolute atomic E-state index is 0.0110. The van der Waals surface area contributed by atoms with E-state index >= 15 is 0 Å². The van der Waals surface area contributed by atoms with Crippen molar-refractivity contribution in [3.63, 3.8) is 0 Å². The molecule has 4 spiro atoms. The second kappa shape index (κ2) is 34.7. The van der Waals surface area contributed by atoms with Gasteiger partial charge in [-0.1, -0.05) is 58.0 Å². The molecule has 646 valence electrons. The molecule has 0 bridgehead atoms. The maximum atomic E-state index is 12.9. The number of ketones is 2. The molecule has 5 aromatic carbocycles. The van der Waals surface area contributed by atoms with Crippen LogP contribution in [0.15, 0.2) is 83.0 Å². The summed E-state index contributed by atoms with van der Waals surface area (Å²) in [6, 6.07) is 19.5. The maximum absolute atomic E-state index is 12.9. The predicted octanol–water partition coefficient (Wildman–Crippen LogP) is 18.2. The molecule has 4 saturated heterocycles. The number of aromatic amines is 1. The van der Waals surface area contributed by atoms with Crippen LogP contribution in [-0.2, 0) is 152 Å². The number of carbonyl (C=O) groups is 2. The zero-order valence-corrected chi connectivity index (χ0v) is 79.3. The number of H-pyrrole nitrogens is 1. The Morgan fingerprint density at radius 1 is 0.426 bits per heavy atom. The number of aryl methyl sites for hydroxylation is 7. The van der Waals surface area contributed by atoms with Crippen molar-refractivity contribution in [1.29, 1.82) is 0 Å². The van der Waals surface area contributed by atoms with Crippen molar-refractivity contribution in [3.05, 3.63) is 204 Å². The Bertz CT molecular complexity index is 5480. The van der Waals surface area contributed by atoms with E-state index < -0.39 is 35.2 Å². The molecule has 24 nitrogen and oxygen atoms in total. The minimum Gasteiger partial charge on any atom is -0.482 e. The van der Waals surface area contributed by atoms with Crippen molar-refractivity contribution >= 4 is 149 Å². The van der Waals surface area contributed by atoms with Gasteiger partial charge in [-0.15, -0.1) is 0 Å². The summed E-state index contributed by atoms with van der Waals surface area (Å²) in [5.41, 5.74) is 19.5. The van der Waals surface area contributed by atoms with E-state index in [9.17, 15) is 9.59 Å². The third-order valence-corrected chi connectivity index (χ3v) is 29.9. The van der Waals surface area contributed by atoms with Crippen molar-refractivity contribution in [2.24, 2.45) is 27.1 Å². The number of Topliss-reactive ketones (excluding diaryl/α,β-unsaturated/α-hetero) is 2. The Morgan fingerprint density at radius 3 is 1.19 bits per heavy atom. The third kappa shape index (κ3) is 16.9. The maximum Gasteiger partial charge on any atom is 0.184 e. The number of hydrogen-bond acceptors (Lipinski definition) is 20. The van der Waals surface area contributed by atoms with Crippen molar-refractivity contribution in [3.8, 4) is 28.7 Å². The molecule has 0 amide bonds. The molecule has 0 radical (unpaired) electrons. The average molecular weight is 2090 g/mol. The molecule has 5 aliphatic carbocycles. The van der Waals surface area contributed by atoms with Crippen LogP contribution in [0.4, 0.5) is 0 Å². The van der Waals surface area contributed by atoms with E-state index in [2.05, 4.69) is 109 Å². The molecule has 2 unspecified atom stereocenters. The smallest absolute Gasteiger partial charge is 0.184 e. The van der Waals surface area contributed by atoms with Gasteiger partial charge in [0.2, 0.25) is 0 Å². The van der Waals surface area contributed by atoms with Crippen LogP contribution in [0.3, 0.4) is 0 Å². The lowest BCUT2D eigenvalue weighted by Gasteiger charge is -2.35. The van der Waals surface area contributed by atoms with Gasteiger partial charge in [0.15, 0.2) is 35.0 Å². The van der Waals surface area contributed by atoms with Crippen molar-refractivity contribution in [2.75, 3.05) is 67.0 Å². The van der Waals surface area contributed by atoms with Crippen LogP contribution < -0.4 is 23.7 Å². The average Bonchev–Trinajstić information content (AvgIpc) is 1.61.